The number of aryl methyl sites for hydroxylation is 1. The van der Waals surface area contributed by atoms with Gasteiger partial charge in [-0.05, 0) is 43.7 Å². The maximum absolute atomic E-state index is 12.0. The number of amides is 1. The van der Waals surface area contributed by atoms with Gasteiger partial charge in [-0.15, -0.1) is 0 Å². The van der Waals surface area contributed by atoms with Crippen molar-refractivity contribution in [2.24, 2.45) is 5.92 Å². The Bertz CT molecular complexity index is 490. The van der Waals surface area contributed by atoms with Crippen LogP contribution < -0.4 is 10.2 Å². The van der Waals surface area contributed by atoms with Crippen molar-refractivity contribution in [3.05, 3.63) is 29.8 Å². The molecule has 2 atom stereocenters. The van der Waals surface area contributed by atoms with Crippen LogP contribution in [0.4, 0.5) is 5.69 Å². The zero-order chi connectivity index (χ0) is 15.9. The number of carbonyl (C=O) groups excluding carboxylic acids is 1. The highest BCUT2D eigenvalue weighted by molar-refractivity contribution is 5.76. The topological polar surface area (TPSA) is 52.6 Å². The van der Waals surface area contributed by atoms with Gasteiger partial charge in [0.2, 0.25) is 5.91 Å². The molecule has 1 aliphatic rings. The van der Waals surface area contributed by atoms with Gasteiger partial charge in [0.15, 0.2) is 0 Å². The zero-order valence-electron chi connectivity index (χ0n) is 13.7. The van der Waals surface area contributed by atoms with Crippen molar-refractivity contribution in [1.82, 2.24) is 5.32 Å². The van der Waals surface area contributed by atoms with Crippen LogP contribution in [0.15, 0.2) is 24.3 Å². The Morgan fingerprint density at radius 2 is 2.23 bits per heavy atom. The highest BCUT2D eigenvalue weighted by atomic mass is 16.3. The number of benzene rings is 1. The van der Waals surface area contributed by atoms with Gasteiger partial charge in [0.25, 0.3) is 0 Å². The number of para-hydroxylation sites is 1. The fraction of sp³-hybridized carbons (Fsp3) is 0.611. The molecule has 4 heteroatoms. The Morgan fingerprint density at radius 1 is 1.45 bits per heavy atom. The molecule has 1 aromatic carbocycles. The third-order valence-electron chi connectivity index (χ3n) is 4.51. The Morgan fingerprint density at radius 3 is 3.00 bits per heavy atom. The lowest BCUT2D eigenvalue weighted by Gasteiger charge is -2.37. The standard InChI is InChI=1S/C18H28N2O2/c1-14(10-12-21)13-19-18(22)9-11-20-15(2)7-8-16-5-3-4-6-17(16)20/h3-6,14-15,21H,7-13H2,1-2H3,(H,19,22). The van der Waals surface area contributed by atoms with Crippen molar-refractivity contribution < 1.29 is 9.90 Å². The Kier molecular flexibility index (Phi) is 6.25. The van der Waals surface area contributed by atoms with Crippen molar-refractivity contribution >= 4 is 11.6 Å². The summed E-state index contributed by atoms with van der Waals surface area (Å²) in [7, 11) is 0. The van der Waals surface area contributed by atoms with E-state index in [9.17, 15) is 4.79 Å². The lowest BCUT2D eigenvalue weighted by atomic mass is 9.96. The van der Waals surface area contributed by atoms with Crippen LogP contribution in [0.1, 0.15) is 38.7 Å². The van der Waals surface area contributed by atoms with Gasteiger partial charge >= 0.3 is 0 Å². The Labute approximate surface area is 133 Å². The molecule has 2 unspecified atom stereocenters. The molecule has 0 spiro atoms. The van der Waals surface area contributed by atoms with Gasteiger partial charge in [-0.25, -0.2) is 0 Å². The van der Waals surface area contributed by atoms with E-state index in [0.717, 1.165) is 25.8 Å². The minimum absolute atomic E-state index is 0.0973. The van der Waals surface area contributed by atoms with Gasteiger partial charge in [-0.3, -0.25) is 4.79 Å². The Hall–Kier alpha value is -1.55. The summed E-state index contributed by atoms with van der Waals surface area (Å²) < 4.78 is 0. The number of rotatable bonds is 7. The fourth-order valence-corrected chi connectivity index (χ4v) is 3.02. The van der Waals surface area contributed by atoms with Crippen LogP contribution in [0.25, 0.3) is 0 Å². The van der Waals surface area contributed by atoms with Crippen molar-refractivity contribution in [1.29, 1.82) is 0 Å². The van der Waals surface area contributed by atoms with Gasteiger partial charge in [-0.1, -0.05) is 25.1 Å². The molecule has 1 heterocycles. The normalized spacial score (nSPS) is 18.7. The predicted octanol–water partition coefficient (Wildman–Crippen LogP) is 2.35. The van der Waals surface area contributed by atoms with Crippen LogP contribution >= 0.6 is 0 Å². The maximum Gasteiger partial charge on any atom is 0.221 e. The van der Waals surface area contributed by atoms with E-state index in [1.807, 2.05) is 6.92 Å². The molecule has 1 aromatic rings. The molecule has 0 bridgehead atoms. The summed E-state index contributed by atoms with van der Waals surface area (Å²) >= 11 is 0. The summed E-state index contributed by atoms with van der Waals surface area (Å²) in [6, 6.07) is 8.98. The number of aliphatic hydroxyl groups excluding tert-OH is 1. The molecular weight excluding hydrogens is 276 g/mol. The van der Waals surface area contributed by atoms with E-state index in [1.54, 1.807) is 0 Å². The molecule has 2 N–H and O–H groups in total. The maximum atomic E-state index is 12.0. The lowest BCUT2D eigenvalue weighted by Crippen LogP contribution is -2.40. The van der Waals surface area contributed by atoms with Gasteiger partial charge in [0, 0.05) is 37.8 Å². The van der Waals surface area contributed by atoms with Gasteiger partial charge < -0.3 is 15.3 Å². The molecule has 4 nitrogen and oxygen atoms in total. The molecule has 0 radical (unpaired) electrons. The summed E-state index contributed by atoms with van der Waals surface area (Å²) in [6.45, 7) is 5.86. The first kappa shape index (κ1) is 16.8. The van der Waals surface area contributed by atoms with Crippen LogP contribution in [0.2, 0.25) is 0 Å². The number of hydrogen-bond acceptors (Lipinski definition) is 3. The number of nitrogens with zero attached hydrogens (tertiary/aromatic N) is 1. The van der Waals surface area contributed by atoms with Crippen LogP contribution in [-0.2, 0) is 11.2 Å². The second-order valence-electron chi connectivity index (χ2n) is 6.38. The SMILES string of the molecule is CC(CCO)CNC(=O)CCN1c2ccccc2CCC1C. The van der Waals surface area contributed by atoms with Crippen LogP contribution in [-0.4, -0.2) is 36.8 Å². The third kappa shape index (κ3) is 4.47. The second kappa shape index (κ2) is 8.18. The summed E-state index contributed by atoms with van der Waals surface area (Å²) in [4.78, 5) is 14.4. The van der Waals surface area contributed by atoms with Gasteiger partial charge in [0.1, 0.15) is 0 Å². The van der Waals surface area contributed by atoms with Crippen molar-refractivity contribution in [2.75, 3.05) is 24.6 Å². The van der Waals surface area contributed by atoms with Crippen molar-refractivity contribution in [3.63, 3.8) is 0 Å². The van der Waals surface area contributed by atoms with E-state index < -0.39 is 0 Å². The van der Waals surface area contributed by atoms with Gasteiger partial charge in [-0.2, -0.15) is 0 Å². The van der Waals surface area contributed by atoms with E-state index in [-0.39, 0.29) is 12.5 Å². The number of hydrogen-bond donors (Lipinski definition) is 2. The summed E-state index contributed by atoms with van der Waals surface area (Å²) in [5.74, 6) is 0.420. The number of carbonyl (C=O) groups is 1. The van der Waals surface area contributed by atoms with Crippen LogP contribution in [0.3, 0.4) is 0 Å². The first-order valence-corrected chi connectivity index (χ1v) is 8.34. The van der Waals surface area contributed by atoms with E-state index in [1.165, 1.54) is 11.3 Å². The molecule has 1 amide bonds. The molecule has 0 saturated carbocycles. The van der Waals surface area contributed by atoms with Crippen LogP contribution in [0, 0.1) is 5.92 Å². The van der Waals surface area contributed by atoms with Gasteiger partial charge in [0.05, 0.1) is 0 Å². The minimum atomic E-state index is 0.0973. The molecule has 0 aromatic heterocycles. The average molecular weight is 304 g/mol. The summed E-state index contributed by atoms with van der Waals surface area (Å²) in [6.07, 6.45) is 3.52. The predicted molar refractivity (Wildman–Crippen MR) is 90.1 cm³/mol. The summed E-state index contributed by atoms with van der Waals surface area (Å²) in [5, 5.41) is 11.8. The number of fused-ring (bicyclic) bond motifs is 1. The van der Waals surface area contributed by atoms with E-state index in [2.05, 4.69) is 41.4 Å². The largest absolute Gasteiger partial charge is 0.396 e. The number of aliphatic hydroxyl groups is 1. The molecule has 122 valence electrons. The third-order valence-corrected chi connectivity index (χ3v) is 4.51. The van der Waals surface area contributed by atoms with E-state index in [4.69, 9.17) is 5.11 Å². The highest BCUT2D eigenvalue weighted by Gasteiger charge is 2.22. The number of anilines is 1. The molecule has 0 fully saturated rings. The fourth-order valence-electron chi connectivity index (χ4n) is 3.02. The molecule has 22 heavy (non-hydrogen) atoms. The molecule has 0 saturated heterocycles. The first-order valence-electron chi connectivity index (χ1n) is 8.34. The molecule has 2 rings (SSSR count). The smallest absolute Gasteiger partial charge is 0.221 e. The lowest BCUT2D eigenvalue weighted by molar-refractivity contribution is -0.121. The Balaban J connectivity index is 1.84. The zero-order valence-corrected chi connectivity index (χ0v) is 13.7. The van der Waals surface area contributed by atoms with Crippen LogP contribution in [0.5, 0.6) is 0 Å². The van der Waals surface area contributed by atoms with E-state index in [0.29, 0.717) is 24.9 Å². The molecule has 1 aliphatic heterocycles. The molecular formula is C18H28N2O2. The summed E-state index contributed by atoms with van der Waals surface area (Å²) in [5.41, 5.74) is 2.67. The number of nitrogens with one attached hydrogen (secondary N) is 1. The monoisotopic (exact) mass is 304 g/mol. The first-order chi connectivity index (χ1) is 10.6. The highest BCUT2D eigenvalue weighted by Crippen LogP contribution is 2.30. The molecule has 0 aliphatic carbocycles. The minimum Gasteiger partial charge on any atom is -0.396 e. The van der Waals surface area contributed by atoms with E-state index >= 15 is 0 Å². The second-order valence-corrected chi connectivity index (χ2v) is 6.38. The quantitative estimate of drug-likeness (QED) is 0.813. The average Bonchev–Trinajstić information content (AvgIpc) is 2.52. The van der Waals surface area contributed by atoms with Crippen molar-refractivity contribution in [2.45, 2.75) is 45.6 Å². The van der Waals surface area contributed by atoms with Crippen molar-refractivity contribution in [3.8, 4) is 0 Å².